The SMILES string of the molecule is CC(F)(F)CCCOc1cccc(CC=CC2Cc3nn(-c4ccc(C5CC5)cc4)cc3C(=O)N2)c1. The minimum Gasteiger partial charge on any atom is -0.494 e. The van der Waals surface area contributed by atoms with Crippen molar-refractivity contribution in [3.63, 3.8) is 0 Å². The molecule has 1 aromatic heterocycles. The van der Waals surface area contributed by atoms with Crippen LogP contribution in [0.15, 0.2) is 66.9 Å². The second-order valence-corrected chi connectivity index (χ2v) is 9.89. The van der Waals surface area contributed by atoms with Gasteiger partial charge in [0.15, 0.2) is 0 Å². The molecule has 1 amide bonds. The van der Waals surface area contributed by atoms with Crippen molar-refractivity contribution in [3.05, 3.63) is 89.3 Å². The quantitative estimate of drug-likeness (QED) is 0.279. The summed E-state index contributed by atoms with van der Waals surface area (Å²) in [5.74, 6) is -1.39. The van der Waals surface area contributed by atoms with Crippen molar-refractivity contribution in [2.24, 2.45) is 0 Å². The third kappa shape index (κ3) is 6.20. The molecule has 0 spiro atoms. The number of alkyl halides is 2. The molecule has 1 unspecified atom stereocenters. The Labute approximate surface area is 210 Å². The number of fused-ring (bicyclic) bond motifs is 1. The van der Waals surface area contributed by atoms with Gasteiger partial charge in [0, 0.05) is 19.0 Å². The fraction of sp³-hybridized carbons (Fsp3) is 0.379. The van der Waals surface area contributed by atoms with Crippen LogP contribution in [0.25, 0.3) is 5.69 Å². The molecule has 7 heteroatoms. The van der Waals surface area contributed by atoms with E-state index in [2.05, 4.69) is 29.6 Å². The van der Waals surface area contributed by atoms with Crippen molar-refractivity contribution < 1.29 is 18.3 Å². The molecule has 0 radical (unpaired) electrons. The molecule has 0 bridgehead atoms. The number of hydrogen-bond donors (Lipinski definition) is 1. The van der Waals surface area contributed by atoms with Crippen LogP contribution in [0.2, 0.25) is 0 Å². The number of aromatic nitrogens is 2. The van der Waals surface area contributed by atoms with Crippen LogP contribution in [0.1, 0.15) is 65.7 Å². The molecule has 1 fully saturated rings. The molecule has 5 rings (SSSR count). The van der Waals surface area contributed by atoms with E-state index in [-0.39, 0.29) is 25.0 Å². The highest BCUT2D eigenvalue weighted by Gasteiger charge is 2.27. The van der Waals surface area contributed by atoms with Crippen LogP contribution in [0, 0.1) is 0 Å². The standard InChI is InChI=1S/C29H31F2N3O2/c1-29(30,31)15-4-16-36-25-8-3-6-20(17-25)5-2-7-23-18-27-26(28(35)32-23)19-34(33-27)24-13-11-22(12-14-24)21-9-10-21/h2-3,6-8,11-14,17,19,21,23H,4-5,9-10,15-16,18H2,1H3,(H,32,35). The fourth-order valence-electron chi connectivity index (χ4n) is 4.52. The molecule has 2 aliphatic rings. The van der Waals surface area contributed by atoms with Gasteiger partial charge in [0.2, 0.25) is 5.92 Å². The summed E-state index contributed by atoms with van der Waals surface area (Å²) in [5, 5.41) is 7.75. The van der Waals surface area contributed by atoms with E-state index in [0.29, 0.717) is 36.5 Å². The number of amides is 1. The fourth-order valence-corrected chi connectivity index (χ4v) is 4.52. The molecular weight excluding hydrogens is 460 g/mol. The van der Waals surface area contributed by atoms with Gasteiger partial charge in [0.1, 0.15) is 5.75 Å². The largest absolute Gasteiger partial charge is 0.494 e. The van der Waals surface area contributed by atoms with Crippen LogP contribution < -0.4 is 10.1 Å². The molecule has 2 heterocycles. The zero-order valence-electron chi connectivity index (χ0n) is 20.4. The molecule has 1 N–H and O–H groups in total. The summed E-state index contributed by atoms with van der Waals surface area (Å²) in [6.07, 6.45) is 9.80. The average molecular weight is 492 g/mol. The molecule has 5 nitrogen and oxygen atoms in total. The number of hydrogen-bond acceptors (Lipinski definition) is 3. The van der Waals surface area contributed by atoms with Gasteiger partial charge < -0.3 is 10.1 Å². The predicted molar refractivity (Wildman–Crippen MR) is 135 cm³/mol. The number of carbonyl (C=O) groups is 1. The summed E-state index contributed by atoms with van der Waals surface area (Å²) in [4.78, 5) is 12.7. The molecule has 3 aromatic rings. The predicted octanol–water partition coefficient (Wildman–Crippen LogP) is 6.02. The molecule has 188 valence electrons. The van der Waals surface area contributed by atoms with E-state index >= 15 is 0 Å². The van der Waals surface area contributed by atoms with Crippen molar-refractivity contribution >= 4 is 5.91 Å². The second-order valence-electron chi connectivity index (χ2n) is 9.89. The lowest BCUT2D eigenvalue weighted by Gasteiger charge is -2.19. The summed E-state index contributed by atoms with van der Waals surface area (Å²) in [6, 6.07) is 16.0. The Bertz CT molecular complexity index is 1240. The van der Waals surface area contributed by atoms with E-state index in [9.17, 15) is 13.6 Å². The van der Waals surface area contributed by atoms with E-state index in [1.165, 1.54) is 18.4 Å². The number of benzene rings is 2. The average Bonchev–Trinajstić information content (AvgIpc) is 3.61. The van der Waals surface area contributed by atoms with Crippen LogP contribution in [0.3, 0.4) is 0 Å². The van der Waals surface area contributed by atoms with Gasteiger partial charge in [-0.15, -0.1) is 0 Å². The molecule has 1 atom stereocenters. The van der Waals surface area contributed by atoms with Crippen LogP contribution in [0.4, 0.5) is 8.78 Å². The first kappa shape index (κ1) is 24.2. The van der Waals surface area contributed by atoms with Crippen LogP contribution >= 0.6 is 0 Å². The number of carbonyl (C=O) groups excluding carboxylic acids is 1. The Kier molecular flexibility index (Phi) is 6.90. The lowest BCUT2D eigenvalue weighted by molar-refractivity contribution is 0.00768. The first-order valence-electron chi connectivity index (χ1n) is 12.6. The lowest BCUT2D eigenvalue weighted by atomic mass is 10.0. The number of halogens is 2. The maximum absolute atomic E-state index is 12.9. The highest BCUT2D eigenvalue weighted by molar-refractivity contribution is 5.96. The minimum absolute atomic E-state index is 0.111. The Morgan fingerprint density at radius 3 is 2.75 bits per heavy atom. The normalized spacial score (nSPS) is 17.8. The molecule has 1 saturated carbocycles. The van der Waals surface area contributed by atoms with E-state index in [1.807, 2.05) is 42.6 Å². The Morgan fingerprint density at radius 2 is 2.00 bits per heavy atom. The van der Waals surface area contributed by atoms with E-state index < -0.39 is 5.92 Å². The summed E-state index contributed by atoms with van der Waals surface area (Å²) in [5.41, 5.74) is 4.80. The van der Waals surface area contributed by atoms with Crippen LogP contribution in [-0.2, 0) is 12.8 Å². The van der Waals surface area contributed by atoms with Crippen molar-refractivity contribution in [3.8, 4) is 11.4 Å². The lowest BCUT2D eigenvalue weighted by Crippen LogP contribution is -2.39. The van der Waals surface area contributed by atoms with Crippen molar-refractivity contribution in [2.75, 3.05) is 6.61 Å². The molecule has 2 aromatic carbocycles. The number of nitrogens with one attached hydrogen (secondary N) is 1. The third-order valence-corrected chi connectivity index (χ3v) is 6.62. The van der Waals surface area contributed by atoms with Gasteiger partial charge in [0.05, 0.1) is 29.6 Å². The number of nitrogens with zero attached hydrogens (tertiary/aromatic N) is 2. The highest BCUT2D eigenvalue weighted by atomic mass is 19.3. The molecule has 0 saturated heterocycles. The van der Waals surface area contributed by atoms with Gasteiger partial charge in [-0.3, -0.25) is 4.79 Å². The minimum atomic E-state index is -2.66. The summed E-state index contributed by atoms with van der Waals surface area (Å²) in [7, 11) is 0. The number of allylic oxidation sites excluding steroid dienone is 1. The monoisotopic (exact) mass is 491 g/mol. The smallest absolute Gasteiger partial charge is 0.255 e. The number of rotatable bonds is 10. The second kappa shape index (κ2) is 10.2. The first-order valence-corrected chi connectivity index (χ1v) is 12.6. The van der Waals surface area contributed by atoms with Gasteiger partial charge in [-0.2, -0.15) is 5.10 Å². The zero-order chi connectivity index (χ0) is 25.1. The summed E-state index contributed by atoms with van der Waals surface area (Å²) < 4.78 is 33.3. The van der Waals surface area contributed by atoms with Crippen molar-refractivity contribution in [1.29, 1.82) is 0 Å². The van der Waals surface area contributed by atoms with Gasteiger partial charge >= 0.3 is 0 Å². The van der Waals surface area contributed by atoms with E-state index in [4.69, 9.17) is 9.84 Å². The Morgan fingerprint density at radius 1 is 1.19 bits per heavy atom. The van der Waals surface area contributed by atoms with Gasteiger partial charge in [-0.1, -0.05) is 36.4 Å². The zero-order valence-corrected chi connectivity index (χ0v) is 20.4. The number of ether oxygens (including phenoxy) is 1. The molecular formula is C29H31F2N3O2. The van der Waals surface area contributed by atoms with Crippen molar-refractivity contribution in [1.82, 2.24) is 15.1 Å². The van der Waals surface area contributed by atoms with Gasteiger partial charge in [-0.25, -0.2) is 13.5 Å². The van der Waals surface area contributed by atoms with Crippen LogP contribution in [0.5, 0.6) is 5.75 Å². The molecule has 1 aliphatic heterocycles. The Balaban J connectivity index is 1.16. The Hall–Kier alpha value is -3.48. The van der Waals surface area contributed by atoms with Gasteiger partial charge in [-0.05, 0) is 73.9 Å². The highest BCUT2D eigenvalue weighted by Crippen LogP contribution is 2.40. The van der Waals surface area contributed by atoms with Crippen LogP contribution in [-0.4, -0.2) is 34.3 Å². The maximum atomic E-state index is 12.9. The molecule has 36 heavy (non-hydrogen) atoms. The van der Waals surface area contributed by atoms with E-state index in [1.54, 1.807) is 4.68 Å². The van der Waals surface area contributed by atoms with Gasteiger partial charge in [0.25, 0.3) is 5.91 Å². The maximum Gasteiger partial charge on any atom is 0.255 e. The first-order chi connectivity index (χ1) is 17.3. The summed E-state index contributed by atoms with van der Waals surface area (Å²) in [6.45, 7) is 1.19. The summed E-state index contributed by atoms with van der Waals surface area (Å²) >= 11 is 0. The van der Waals surface area contributed by atoms with E-state index in [0.717, 1.165) is 23.9 Å². The molecule has 1 aliphatic carbocycles. The third-order valence-electron chi connectivity index (χ3n) is 6.62. The van der Waals surface area contributed by atoms with Crippen molar-refractivity contribution in [2.45, 2.75) is 63.3 Å². The topological polar surface area (TPSA) is 56.2 Å².